The maximum Gasteiger partial charge on any atom is 0.305 e. The van der Waals surface area contributed by atoms with Crippen LogP contribution in [0.2, 0.25) is 0 Å². The number of rotatable bonds is 5. The van der Waals surface area contributed by atoms with Gasteiger partial charge in [0.05, 0.1) is 19.5 Å². The van der Waals surface area contributed by atoms with Crippen LogP contribution in [-0.4, -0.2) is 60.0 Å². The molecule has 1 atom stereocenters. The number of piperazine rings is 1. The first kappa shape index (κ1) is 14.0. The average molecular weight is 253 g/mol. The van der Waals surface area contributed by atoms with E-state index >= 15 is 0 Å². The van der Waals surface area contributed by atoms with Crippen LogP contribution in [0.15, 0.2) is 0 Å². The van der Waals surface area contributed by atoms with Crippen LogP contribution in [0.1, 0.15) is 6.42 Å². The highest BCUT2D eigenvalue weighted by molar-refractivity contribution is 5.87. The van der Waals surface area contributed by atoms with Crippen molar-refractivity contribution in [3.8, 4) is 12.3 Å². The van der Waals surface area contributed by atoms with Crippen molar-refractivity contribution in [2.45, 2.75) is 12.5 Å². The van der Waals surface area contributed by atoms with E-state index in [4.69, 9.17) is 11.5 Å². The number of carbonyl (C=O) groups is 3. The number of terminal acetylenes is 1. The van der Waals surface area contributed by atoms with Crippen molar-refractivity contribution < 1.29 is 19.5 Å². The number of hydrogen-bond donors (Lipinski definition) is 3. The van der Waals surface area contributed by atoms with Crippen molar-refractivity contribution in [3.63, 3.8) is 0 Å². The van der Waals surface area contributed by atoms with Crippen molar-refractivity contribution in [1.82, 2.24) is 15.5 Å². The quantitative estimate of drug-likeness (QED) is 0.493. The summed E-state index contributed by atoms with van der Waals surface area (Å²) in [5.41, 5.74) is 0. The van der Waals surface area contributed by atoms with Crippen LogP contribution in [0.5, 0.6) is 0 Å². The second kappa shape index (κ2) is 6.61. The molecule has 0 aromatic heterocycles. The van der Waals surface area contributed by atoms with Gasteiger partial charge in [-0.05, 0) is 0 Å². The van der Waals surface area contributed by atoms with Gasteiger partial charge in [-0.15, -0.1) is 6.42 Å². The lowest BCUT2D eigenvalue weighted by Crippen LogP contribution is -2.57. The first-order chi connectivity index (χ1) is 8.54. The number of aliphatic carboxylic acids is 1. The molecule has 7 heteroatoms. The first-order valence-electron chi connectivity index (χ1n) is 5.48. The van der Waals surface area contributed by atoms with Gasteiger partial charge in [0.25, 0.3) is 0 Å². The SMILES string of the molecule is C#CCNC(=O)CN1CCNC(=O)C1CC(=O)O. The fraction of sp³-hybridized carbons (Fsp3) is 0.545. The Balaban J connectivity index is 2.59. The summed E-state index contributed by atoms with van der Waals surface area (Å²) in [6.07, 6.45) is 4.68. The number of hydrogen-bond acceptors (Lipinski definition) is 4. The predicted molar refractivity (Wildman–Crippen MR) is 62.5 cm³/mol. The van der Waals surface area contributed by atoms with Gasteiger partial charge < -0.3 is 15.7 Å². The summed E-state index contributed by atoms with van der Waals surface area (Å²) in [5.74, 6) is 0.498. The summed E-state index contributed by atoms with van der Waals surface area (Å²) >= 11 is 0. The van der Waals surface area contributed by atoms with E-state index in [0.717, 1.165) is 0 Å². The normalized spacial score (nSPS) is 19.7. The van der Waals surface area contributed by atoms with Crippen LogP contribution in [0.25, 0.3) is 0 Å². The number of amides is 2. The Morgan fingerprint density at radius 3 is 2.94 bits per heavy atom. The lowest BCUT2D eigenvalue weighted by atomic mass is 10.1. The standard InChI is InChI=1S/C11H15N3O4/c1-2-3-12-9(15)7-14-5-4-13-11(18)8(14)6-10(16)17/h1,8H,3-7H2,(H,12,15)(H,13,18)(H,16,17). The minimum atomic E-state index is -1.08. The zero-order chi connectivity index (χ0) is 13.5. The van der Waals surface area contributed by atoms with E-state index in [1.807, 2.05) is 0 Å². The lowest BCUT2D eigenvalue weighted by Gasteiger charge is -2.33. The minimum Gasteiger partial charge on any atom is -0.481 e. The molecule has 0 bridgehead atoms. The Hall–Kier alpha value is -2.07. The molecule has 0 aromatic rings. The van der Waals surface area contributed by atoms with E-state index in [1.54, 1.807) is 4.90 Å². The average Bonchev–Trinajstić information content (AvgIpc) is 2.30. The first-order valence-corrected chi connectivity index (χ1v) is 5.48. The zero-order valence-electron chi connectivity index (χ0n) is 9.81. The molecule has 1 unspecified atom stereocenters. The fourth-order valence-electron chi connectivity index (χ4n) is 1.73. The summed E-state index contributed by atoms with van der Waals surface area (Å²) in [6, 6.07) is -0.812. The molecular weight excluding hydrogens is 238 g/mol. The maximum atomic E-state index is 11.6. The van der Waals surface area contributed by atoms with Gasteiger partial charge in [0.1, 0.15) is 6.04 Å². The van der Waals surface area contributed by atoms with Crippen LogP contribution in [0.3, 0.4) is 0 Å². The highest BCUT2D eigenvalue weighted by Crippen LogP contribution is 2.08. The smallest absolute Gasteiger partial charge is 0.305 e. The molecule has 1 heterocycles. The third kappa shape index (κ3) is 4.07. The Bertz CT molecular complexity index is 388. The molecule has 18 heavy (non-hydrogen) atoms. The molecule has 1 rings (SSSR count). The minimum absolute atomic E-state index is 0.0347. The topological polar surface area (TPSA) is 98.7 Å². The van der Waals surface area contributed by atoms with Gasteiger partial charge in [0.15, 0.2) is 0 Å². The van der Waals surface area contributed by atoms with E-state index in [0.29, 0.717) is 13.1 Å². The Labute approximate surface area is 105 Å². The van der Waals surface area contributed by atoms with Gasteiger partial charge in [0, 0.05) is 13.1 Å². The molecule has 1 aliphatic rings. The van der Waals surface area contributed by atoms with Gasteiger partial charge in [0.2, 0.25) is 11.8 Å². The van der Waals surface area contributed by atoms with Crippen molar-refractivity contribution in [1.29, 1.82) is 0 Å². The second-order valence-electron chi connectivity index (χ2n) is 3.86. The van der Waals surface area contributed by atoms with E-state index in [2.05, 4.69) is 16.6 Å². The molecule has 0 spiro atoms. The highest BCUT2D eigenvalue weighted by atomic mass is 16.4. The van der Waals surface area contributed by atoms with Crippen molar-refractivity contribution in [2.75, 3.05) is 26.2 Å². The van der Waals surface area contributed by atoms with Crippen molar-refractivity contribution >= 4 is 17.8 Å². The largest absolute Gasteiger partial charge is 0.481 e. The van der Waals surface area contributed by atoms with Gasteiger partial charge in [-0.2, -0.15) is 0 Å². The Kier molecular flexibility index (Phi) is 5.14. The molecule has 1 aliphatic heterocycles. The molecular formula is C11H15N3O4. The third-order valence-electron chi connectivity index (χ3n) is 2.54. The van der Waals surface area contributed by atoms with E-state index < -0.39 is 12.0 Å². The maximum absolute atomic E-state index is 11.6. The lowest BCUT2D eigenvalue weighted by molar-refractivity contribution is -0.144. The highest BCUT2D eigenvalue weighted by Gasteiger charge is 2.32. The van der Waals surface area contributed by atoms with Crippen LogP contribution in [-0.2, 0) is 14.4 Å². The number of nitrogens with zero attached hydrogens (tertiary/aromatic N) is 1. The van der Waals surface area contributed by atoms with Crippen molar-refractivity contribution in [2.24, 2.45) is 0 Å². The summed E-state index contributed by atoms with van der Waals surface area (Å²) in [6.45, 7) is 0.917. The van der Waals surface area contributed by atoms with E-state index in [-0.39, 0.29) is 31.3 Å². The van der Waals surface area contributed by atoms with E-state index in [9.17, 15) is 14.4 Å². The molecule has 7 nitrogen and oxygen atoms in total. The molecule has 0 aliphatic carbocycles. The fourth-order valence-corrected chi connectivity index (χ4v) is 1.73. The van der Waals surface area contributed by atoms with Gasteiger partial charge in [-0.1, -0.05) is 5.92 Å². The van der Waals surface area contributed by atoms with Gasteiger partial charge in [-0.25, -0.2) is 0 Å². The Morgan fingerprint density at radius 2 is 2.33 bits per heavy atom. The van der Waals surface area contributed by atoms with Gasteiger partial charge >= 0.3 is 5.97 Å². The molecule has 0 radical (unpaired) electrons. The summed E-state index contributed by atoms with van der Waals surface area (Å²) in [4.78, 5) is 35.3. The molecule has 1 saturated heterocycles. The predicted octanol–water partition coefficient (Wildman–Crippen LogP) is -1.99. The Morgan fingerprint density at radius 1 is 1.61 bits per heavy atom. The molecule has 3 N–H and O–H groups in total. The van der Waals surface area contributed by atoms with Crippen molar-refractivity contribution in [3.05, 3.63) is 0 Å². The third-order valence-corrected chi connectivity index (χ3v) is 2.54. The van der Waals surface area contributed by atoms with E-state index in [1.165, 1.54) is 0 Å². The second-order valence-corrected chi connectivity index (χ2v) is 3.86. The van der Waals surface area contributed by atoms with Crippen LogP contribution in [0, 0.1) is 12.3 Å². The number of nitrogens with one attached hydrogen (secondary N) is 2. The molecule has 0 saturated carbocycles. The number of carboxylic acid groups (broad SMARTS) is 1. The van der Waals surface area contributed by atoms with Crippen LogP contribution in [0.4, 0.5) is 0 Å². The summed E-state index contributed by atoms with van der Waals surface area (Å²) in [7, 11) is 0. The van der Waals surface area contributed by atoms with Crippen LogP contribution >= 0.6 is 0 Å². The van der Waals surface area contributed by atoms with Crippen LogP contribution < -0.4 is 10.6 Å². The molecule has 98 valence electrons. The summed E-state index contributed by atoms with van der Waals surface area (Å²) < 4.78 is 0. The molecule has 0 aromatic carbocycles. The molecule has 1 fully saturated rings. The number of carboxylic acids is 1. The monoisotopic (exact) mass is 253 g/mol. The molecule has 2 amide bonds. The summed E-state index contributed by atoms with van der Waals surface area (Å²) in [5, 5.41) is 13.8. The number of carbonyl (C=O) groups excluding carboxylic acids is 2. The van der Waals surface area contributed by atoms with Gasteiger partial charge in [-0.3, -0.25) is 19.3 Å². The zero-order valence-corrected chi connectivity index (χ0v) is 9.81.